The van der Waals surface area contributed by atoms with Gasteiger partial charge in [-0.05, 0) is 28.1 Å². The Labute approximate surface area is 128 Å². The molecule has 2 unspecified atom stereocenters. The first-order valence-corrected chi connectivity index (χ1v) is 7.64. The van der Waals surface area contributed by atoms with Crippen LogP contribution in [0, 0.1) is 17.6 Å². The zero-order valence-electron chi connectivity index (χ0n) is 10.5. The molecule has 3 rings (SSSR count). The maximum absolute atomic E-state index is 12.9. The molecule has 1 aliphatic heterocycles. The second-order valence-corrected chi connectivity index (χ2v) is 6.55. The first kappa shape index (κ1) is 13.9. The van der Waals surface area contributed by atoms with Crippen molar-refractivity contribution in [1.29, 1.82) is 0 Å². The van der Waals surface area contributed by atoms with Gasteiger partial charge in [0.2, 0.25) is 6.23 Å². The zero-order chi connectivity index (χ0) is 14.3. The van der Waals surface area contributed by atoms with Crippen molar-refractivity contribution in [3.63, 3.8) is 0 Å². The van der Waals surface area contributed by atoms with Crippen LogP contribution in [0.2, 0.25) is 0 Å². The third-order valence-corrected chi connectivity index (χ3v) is 5.45. The SMILES string of the molecule is C#CCN1CC(O)[N+]([O-])(c2nc3cccc(Br)c3s2)C1. The van der Waals surface area contributed by atoms with Crippen LogP contribution in [-0.4, -0.2) is 41.0 Å². The van der Waals surface area contributed by atoms with Gasteiger partial charge in [-0.2, -0.15) is 4.98 Å². The second-order valence-electron chi connectivity index (χ2n) is 4.72. The van der Waals surface area contributed by atoms with E-state index in [4.69, 9.17) is 6.42 Å². The van der Waals surface area contributed by atoms with Gasteiger partial charge in [-0.15, -0.1) is 6.42 Å². The summed E-state index contributed by atoms with van der Waals surface area (Å²) in [5, 5.41) is 23.4. The third kappa shape index (κ3) is 2.15. The maximum Gasteiger partial charge on any atom is 0.290 e. The number of hydrogen-bond donors (Lipinski definition) is 1. The molecular weight excluding hydrogens is 342 g/mol. The van der Waals surface area contributed by atoms with Gasteiger partial charge in [0.1, 0.15) is 6.67 Å². The molecule has 0 spiro atoms. The number of hydrogen-bond acceptors (Lipinski definition) is 5. The van der Waals surface area contributed by atoms with E-state index in [9.17, 15) is 10.3 Å². The van der Waals surface area contributed by atoms with Crippen molar-refractivity contribution in [2.45, 2.75) is 6.23 Å². The number of terminal acetylenes is 1. The van der Waals surface area contributed by atoms with Crippen LogP contribution in [-0.2, 0) is 0 Å². The van der Waals surface area contributed by atoms with Crippen LogP contribution in [0.3, 0.4) is 0 Å². The average molecular weight is 354 g/mol. The molecule has 1 saturated heterocycles. The van der Waals surface area contributed by atoms with Crippen molar-refractivity contribution in [3.05, 3.63) is 27.9 Å². The van der Waals surface area contributed by atoms with Crippen LogP contribution in [0.25, 0.3) is 10.2 Å². The fourth-order valence-corrected chi connectivity index (χ4v) is 3.95. The third-order valence-electron chi connectivity index (χ3n) is 3.31. The van der Waals surface area contributed by atoms with E-state index in [1.807, 2.05) is 18.2 Å². The van der Waals surface area contributed by atoms with Crippen molar-refractivity contribution in [2.24, 2.45) is 0 Å². The number of nitrogens with zero attached hydrogens (tertiary/aromatic N) is 3. The Hall–Kier alpha value is -1.01. The fraction of sp³-hybridized carbons (Fsp3) is 0.308. The predicted octanol–water partition coefficient (Wildman–Crippen LogP) is 2.09. The number of benzene rings is 1. The Morgan fingerprint density at radius 2 is 2.45 bits per heavy atom. The van der Waals surface area contributed by atoms with Crippen LogP contribution in [0.4, 0.5) is 5.13 Å². The Balaban J connectivity index is 2.02. The smallest absolute Gasteiger partial charge is 0.290 e. The molecule has 1 aromatic carbocycles. The average Bonchev–Trinajstić information content (AvgIpc) is 2.95. The molecule has 104 valence electrons. The Morgan fingerprint density at radius 3 is 3.15 bits per heavy atom. The molecule has 20 heavy (non-hydrogen) atoms. The molecular formula is C13H12BrN3O2S. The fourth-order valence-electron chi connectivity index (χ4n) is 2.31. The van der Waals surface area contributed by atoms with Gasteiger partial charge in [-0.25, -0.2) is 4.90 Å². The van der Waals surface area contributed by atoms with Gasteiger partial charge in [0.25, 0.3) is 5.13 Å². The number of thiazole rings is 1. The van der Waals surface area contributed by atoms with Crippen LogP contribution < -0.4 is 4.65 Å². The molecule has 0 saturated carbocycles. The Kier molecular flexibility index (Phi) is 3.54. The number of hydroxylamine groups is 2. The molecule has 1 aliphatic rings. The number of aliphatic hydroxyl groups is 1. The highest BCUT2D eigenvalue weighted by Crippen LogP contribution is 2.39. The van der Waals surface area contributed by atoms with E-state index in [0.717, 1.165) is 14.7 Å². The highest BCUT2D eigenvalue weighted by molar-refractivity contribution is 9.10. The number of β-amino-alcohol motifs (C(OH)–C–C–N with tert-alkyl or cyclic N) is 1. The van der Waals surface area contributed by atoms with E-state index in [-0.39, 0.29) is 13.2 Å². The molecule has 0 bridgehead atoms. The number of aromatic nitrogens is 1. The number of rotatable bonds is 2. The normalized spacial score (nSPS) is 27.0. The topological polar surface area (TPSA) is 59.4 Å². The van der Waals surface area contributed by atoms with Crippen molar-refractivity contribution in [2.75, 3.05) is 19.8 Å². The van der Waals surface area contributed by atoms with Crippen molar-refractivity contribution in [3.8, 4) is 12.3 Å². The van der Waals surface area contributed by atoms with E-state index in [0.29, 0.717) is 11.7 Å². The minimum atomic E-state index is -1.05. The summed E-state index contributed by atoms with van der Waals surface area (Å²) in [7, 11) is 0. The van der Waals surface area contributed by atoms with Gasteiger partial charge in [0, 0.05) is 4.47 Å². The van der Waals surface area contributed by atoms with E-state index in [2.05, 4.69) is 26.8 Å². The molecule has 7 heteroatoms. The Bertz CT molecular complexity index is 698. The summed E-state index contributed by atoms with van der Waals surface area (Å²) in [6, 6.07) is 5.63. The summed E-state index contributed by atoms with van der Waals surface area (Å²) < 4.78 is 0.964. The molecule has 5 nitrogen and oxygen atoms in total. The van der Waals surface area contributed by atoms with Gasteiger partial charge in [-0.3, -0.25) is 4.65 Å². The van der Waals surface area contributed by atoms with Crippen LogP contribution >= 0.6 is 27.3 Å². The summed E-state index contributed by atoms with van der Waals surface area (Å²) in [6.07, 6.45) is 4.21. The summed E-state index contributed by atoms with van der Waals surface area (Å²) in [5.41, 5.74) is 0.760. The first-order valence-electron chi connectivity index (χ1n) is 6.03. The predicted molar refractivity (Wildman–Crippen MR) is 83.8 cm³/mol. The first-order chi connectivity index (χ1) is 9.54. The minimum absolute atomic E-state index is 0.128. The maximum atomic E-state index is 12.9. The van der Waals surface area contributed by atoms with E-state index in [1.165, 1.54) is 11.3 Å². The zero-order valence-corrected chi connectivity index (χ0v) is 12.9. The summed E-state index contributed by atoms with van der Waals surface area (Å²) in [4.78, 5) is 6.14. The lowest BCUT2D eigenvalue weighted by molar-refractivity contribution is 0.0848. The quantitative estimate of drug-likeness (QED) is 0.510. The molecule has 1 aromatic heterocycles. The second kappa shape index (κ2) is 5.07. The number of halogens is 1. The number of aliphatic hydroxyl groups excluding tert-OH is 1. The van der Waals surface area contributed by atoms with Gasteiger partial charge >= 0.3 is 0 Å². The molecule has 0 aliphatic carbocycles. The molecule has 0 amide bonds. The lowest BCUT2D eigenvalue weighted by Crippen LogP contribution is -2.48. The van der Waals surface area contributed by atoms with Gasteiger partial charge in [0.15, 0.2) is 0 Å². The minimum Gasteiger partial charge on any atom is -0.623 e. The molecule has 2 aromatic rings. The van der Waals surface area contributed by atoms with Crippen LogP contribution in [0.15, 0.2) is 22.7 Å². The van der Waals surface area contributed by atoms with Crippen molar-refractivity contribution in [1.82, 2.24) is 14.5 Å². The van der Waals surface area contributed by atoms with Crippen molar-refractivity contribution < 1.29 is 5.11 Å². The van der Waals surface area contributed by atoms with E-state index in [1.54, 1.807) is 4.90 Å². The largest absolute Gasteiger partial charge is 0.623 e. The van der Waals surface area contributed by atoms with E-state index < -0.39 is 10.9 Å². The molecule has 0 radical (unpaired) electrons. The highest BCUT2D eigenvalue weighted by Gasteiger charge is 2.42. The lowest BCUT2D eigenvalue weighted by Gasteiger charge is -2.37. The number of quaternary nitrogens is 1. The monoisotopic (exact) mass is 353 g/mol. The lowest BCUT2D eigenvalue weighted by atomic mass is 10.3. The molecule has 1 fully saturated rings. The van der Waals surface area contributed by atoms with Crippen LogP contribution in [0.5, 0.6) is 0 Å². The van der Waals surface area contributed by atoms with Gasteiger partial charge in [0.05, 0.1) is 23.3 Å². The van der Waals surface area contributed by atoms with Crippen molar-refractivity contribution >= 4 is 42.6 Å². The Morgan fingerprint density at radius 1 is 1.65 bits per heavy atom. The van der Waals surface area contributed by atoms with Gasteiger partial charge in [-0.1, -0.05) is 23.3 Å². The summed E-state index contributed by atoms with van der Waals surface area (Å²) in [6.45, 7) is 0.751. The molecule has 2 heterocycles. The van der Waals surface area contributed by atoms with E-state index >= 15 is 0 Å². The number of fused-ring (bicyclic) bond motifs is 1. The van der Waals surface area contributed by atoms with Crippen LogP contribution in [0.1, 0.15) is 0 Å². The highest BCUT2D eigenvalue weighted by atomic mass is 79.9. The van der Waals surface area contributed by atoms with Gasteiger partial charge < -0.3 is 10.3 Å². The summed E-state index contributed by atoms with van der Waals surface area (Å²) >= 11 is 4.76. The summed E-state index contributed by atoms with van der Waals surface area (Å²) in [5.74, 6) is 2.50. The standard InChI is InChI=1S/C13H12BrN3O2S/c1-2-6-16-7-11(18)17(19,8-16)13-15-10-5-3-4-9(14)12(10)20-13/h1,3-5,11,18H,6-8H2. The molecule has 1 N–H and O–H groups in total. The molecule has 2 atom stereocenters.